The summed E-state index contributed by atoms with van der Waals surface area (Å²) in [4.78, 5) is 22.7. The molecule has 17 heavy (non-hydrogen) atoms. The molecule has 0 radical (unpaired) electrons. The van der Waals surface area contributed by atoms with Gasteiger partial charge >= 0.3 is 0 Å². The smallest absolute Gasteiger partial charge is 0.224 e. The lowest BCUT2D eigenvalue weighted by atomic mass is 9.98. The Kier molecular flexibility index (Phi) is 3.69. The quantitative estimate of drug-likeness (QED) is 0.697. The van der Waals surface area contributed by atoms with Gasteiger partial charge in [0.2, 0.25) is 11.8 Å². The number of carbonyl (C=O) groups excluding carboxylic acids is 2. The average Bonchev–Trinajstić information content (AvgIpc) is 2.83. The molecule has 2 amide bonds. The van der Waals surface area contributed by atoms with E-state index in [1.807, 2.05) is 0 Å². The van der Waals surface area contributed by atoms with Crippen LogP contribution in [0.4, 0.5) is 0 Å². The Morgan fingerprint density at radius 2 is 2.53 bits per heavy atom. The van der Waals surface area contributed by atoms with Crippen LogP contribution in [0, 0.1) is 5.92 Å². The van der Waals surface area contributed by atoms with Gasteiger partial charge in [-0.15, -0.1) is 5.10 Å². The second-order valence-electron chi connectivity index (χ2n) is 4.00. The van der Waals surface area contributed by atoms with Crippen LogP contribution < -0.4 is 10.6 Å². The van der Waals surface area contributed by atoms with E-state index < -0.39 is 0 Å². The minimum atomic E-state index is -0.108. The zero-order valence-corrected chi connectivity index (χ0v) is 9.43. The van der Waals surface area contributed by atoms with E-state index in [1.54, 1.807) is 17.1 Å². The molecule has 1 saturated heterocycles. The van der Waals surface area contributed by atoms with Gasteiger partial charge in [0.15, 0.2) is 0 Å². The molecule has 1 atom stereocenters. The molecule has 1 unspecified atom stereocenters. The molecular formula is C10H15N5O2. The molecule has 0 aromatic carbocycles. The van der Waals surface area contributed by atoms with E-state index >= 15 is 0 Å². The summed E-state index contributed by atoms with van der Waals surface area (Å²) in [6, 6.07) is 0. The summed E-state index contributed by atoms with van der Waals surface area (Å²) in [5, 5.41) is 13.0. The summed E-state index contributed by atoms with van der Waals surface area (Å²) in [7, 11) is 0. The number of amides is 2. The highest BCUT2D eigenvalue weighted by Gasteiger charge is 2.23. The third-order valence-electron chi connectivity index (χ3n) is 2.75. The number of aromatic nitrogens is 3. The largest absolute Gasteiger partial charge is 0.355 e. The predicted molar refractivity (Wildman–Crippen MR) is 58.8 cm³/mol. The lowest BCUT2D eigenvalue weighted by Crippen LogP contribution is -2.43. The van der Waals surface area contributed by atoms with Gasteiger partial charge in [0.05, 0.1) is 18.7 Å². The summed E-state index contributed by atoms with van der Waals surface area (Å²) in [5.41, 5.74) is 0. The molecule has 0 aliphatic carbocycles. The van der Waals surface area contributed by atoms with Crippen molar-refractivity contribution >= 4 is 11.8 Å². The van der Waals surface area contributed by atoms with Crippen LogP contribution in [-0.2, 0) is 16.1 Å². The molecule has 92 valence electrons. The monoisotopic (exact) mass is 237 g/mol. The third kappa shape index (κ3) is 3.27. The topological polar surface area (TPSA) is 88.9 Å². The van der Waals surface area contributed by atoms with E-state index in [2.05, 4.69) is 20.9 Å². The molecule has 1 fully saturated rings. The fourth-order valence-electron chi connectivity index (χ4n) is 1.75. The first kappa shape index (κ1) is 11.6. The van der Waals surface area contributed by atoms with Gasteiger partial charge in [-0.25, -0.2) is 0 Å². The molecule has 2 rings (SSSR count). The molecule has 1 aliphatic rings. The van der Waals surface area contributed by atoms with Gasteiger partial charge in [-0.2, -0.15) is 0 Å². The molecule has 2 heterocycles. The molecule has 1 aromatic rings. The first-order valence-electron chi connectivity index (χ1n) is 5.64. The third-order valence-corrected chi connectivity index (χ3v) is 2.75. The van der Waals surface area contributed by atoms with E-state index in [-0.39, 0.29) is 17.7 Å². The second-order valence-corrected chi connectivity index (χ2v) is 4.00. The number of nitrogens with one attached hydrogen (secondary N) is 2. The normalized spacial score (nSPS) is 19.8. The van der Waals surface area contributed by atoms with Gasteiger partial charge in [-0.1, -0.05) is 5.21 Å². The summed E-state index contributed by atoms with van der Waals surface area (Å²) in [5.74, 6) is -0.0924. The van der Waals surface area contributed by atoms with Crippen molar-refractivity contribution in [1.82, 2.24) is 25.6 Å². The number of carbonyl (C=O) groups is 2. The average molecular weight is 237 g/mol. The minimum absolute atomic E-state index is 0.00915. The highest BCUT2D eigenvalue weighted by Crippen LogP contribution is 2.10. The van der Waals surface area contributed by atoms with E-state index in [9.17, 15) is 9.59 Å². The molecule has 7 nitrogen and oxygen atoms in total. The lowest BCUT2D eigenvalue weighted by molar-refractivity contribution is -0.128. The van der Waals surface area contributed by atoms with Gasteiger partial charge in [0.1, 0.15) is 0 Å². The zero-order valence-electron chi connectivity index (χ0n) is 9.43. The summed E-state index contributed by atoms with van der Waals surface area (Å²) >= 11 is 0. The van der Waals surface area contributed by atoms with E-state index in [1.165, 1.54) is 0 Å². The molecule has 2 N–H and O–H groups in total. The van der Waals surface area contributed by atoms with Crippen molar-refractivity contribution in [1.29, 1.82) is 0 Å². The van der Waals surface area contributed by atoms with Gasteiger partial charge < -0.3 is 10.6 Å². The number of rotatable bonds is 4. The van der Waals surface area contributed by atoms with Crippen molar-refractivity contribution in [3.05, 3.63) is 12.4 Å². The van der Waals surface area contributed by atoms with Crippen molar-refractivity contribution in [3.8, 4) is 0 Å². The molecule has 0 bridgehead atoms. The first-order chi connectivity index (χ1) is 8.25. The molecule has 1 aliphatic heterocycles. The number of hydrogen-bond donors (Lipinski definition) is 2. The first-order valence-corrected chi connectivity index (χ1v) is 5.64. The number of nitrogens with zero attached hydrogens (tertiary/aromatic N) is 3. The van der Waals surface area contributed by atoms with E-state index in [0.29, 0.717) is 32.5 Å². The van der Waals surface area contributed by atoms with Crippen LogP contribution in [0.25, 0.3) is 0 Å². The highest BCUT2D eigenvalue weighted by atomic mass is 16.2. The molecule has 0 saturated carbocycles. The summed E-state index contributed by atoms with van der Waals surface area (Å²) in [6.45, 7) is 1.56. The van der Waals surface area contributed by atoms with Crippen LogP contribution in [-0.4, -0.2) is 39.9 Å². The van der Waals surface area contributed by atoms with Crippen molar-refractivity contribution in [2.45, 2.75) is 19.4 Å². The molecular weight excluding hydrogens is 222 g/mol. The van der Waals surface area contributed by atoms with Gasteiger partial charge in [0, 0.05) is 25.7 Å². The fourth-order valence-corrected chi connectivity index (χ4v) is 1.75. The Balaban J connectivity index is 1.68. The van der Waals surface area contributed by atoms with E-state index in [4.69, 9.17) is 0 Å². The maximum atomic E-state index is 11.7. The van der Waals surface area contributed by atoms with Crippen LogP contribution in [0.2, 0.25) is 0 Å². The Morgan fingerprint density at radius 1 is 1.65 bits per heavy atom. The van der Waals surface area contributed by atoms with Crippen LogP contribution in [0.15, 0.2) is 12.4 Å². The van der Waals surface area contributed by atoms with Crippen LogP contribution in [0.1, 0.15) is 12.8 Å². The Bertz CT molecular complexity index is 379. The summed E-state index contributed by atoms with van der Waals surface area (Å²) < 4.78 is 1.66. The van der Waals surface area contributed by atoms with Crippen LogP contribution in [0.5, 0.6) is 0 Å². The van der Waals surface area contributed by atoms with Crippen LogP contribution in [0.3, 0.4) is 0 Å². The Labute approximate surface area is 98.6 Å². The molecule has 1 aromatic heterocycles. The second kappa shape index (κ2) is 5.42. The SMILES string of the molecule is O=C1CCC(C(=O)NCCn2ccnn2)CN1. The standard InChI is InChI=1S/C10H15N5O2/c16-9-2-1-8(7-12-9)10(17)11-3-5-15-6-4-13-14-15/h4,6,8H,1-3,5,7H2,(H,11,17)(H,12,16). The van der Waals surface area contributed by atoms with Crippen molar-refractivity contribution < 1.29 is 9.59 Å². The zero-order chi connectivity index (χ0) is 12.1. The molecule has 7 heteroatoms. The van der Waals surface area contributed by atoms with E-state index in [0.717, 1.165) is 0 Å². The molecule has 0 spiro atoms. The maximum absolute atomic E-state index is 11.7. The highest BCUT2D eigenvalue weighted by molar-refractivity contribution is 5.83. The van der Waals surface area contributed by atoms with Gasteiger partial charge in [0.25, 0.3) is 0 Å². The van der Waals surface area contributed by atoms with Crippen molar-refractivity contribution in [3.63, 3.8) is 0 Å². The predicted octanol–water partition coefficient (Wildman–Crippen LogP) is -1.08. The van der Waals surface area contributed by atoms with Crippen molar-refractivity contribution in [2.24, 2.45) is 5.92 Å². The Hall–Kier alpha value is -1.92. The maximum Gasteiger partial charge on any atom is 0.224 e. The number of piperidine rings is 1. The Morgan fingerprint density at radius 3 is 3.18 bits per heavy atom. The van der Waals surface area contributed by atoms with Crippen LogP contribution >= 0.6 is 0 Å². The fraction of sp³-hybridized carbons (Fsp3) is 0.600. The summed E-state index contributed by atoms with van der Waals surface area (Å²) in [6.07, 6.45) is 4.40. The number of hydrogen-bond acceptors (Lipinski definition) is 4. The lowest BCUT2D eigenvalue weighted by Gasteiger charge is -2.21. The van der Waals surface area contributed by atoms with Crippen molar-refractivity contribution in [2.75, 3.05) is 13.1 Å². The van der Waals surface area contributed by atoms with Gasteiger partial charge in [-0.05, 0) is 6.42 Å². The van der Waals surface area contributed by atoms with Gasteiger partial charge in [-0.3, -0.25) is 14.3 Å². The minimum Gasteiger partial charge on any atom is -0.355 e.